The van der Waals surface area contributed by atoms with Gasteiger partial charge in [-0.1, -0.05) is 24.3 Å². The zero-order chi connectivity index (χ0) is 20.4. The molecule has 29 heavy (non-hydrogen) atoms. The zero-order valence-corrected chi connectivity index (χ0v) is 17.3. The predicted octanol–water partition coefficient (Wildman–Crippen LogP) is 4.66. The summed E-state index contributed by atoms with van der Waals surface area (Å²) in [5.41, 5.74) is 4.30. The molecule has 0 aliphatic carbocycles. The molecule has 4 rings (SSSR count). The molecule has 0 saturated carbocycles. The first-order valence-corrected chi connectivity index (χ1v) is 10.6. The van der Waals surface area contributed by atoms with E-state index < -0.39 is 0 Å². The second kappa shape index (κ2) is 8.09. The molecule has 6 heteroatoms. The van der Waals surface area contributed by atoms with Gasteiger partial charge < -0.3 is 15.1 Å². The van der Waals surface area contributed by atoms with Gasteiger partial charge in [0.25, 0.3) is 11.8 Å². The summed E-state index contributed by atoms with van der Waals surface area (Å²) >= 11 is 1.39. The molecule has 1 aromatic heterocycles. The van der Waals surface area contributed by atoms with Gasteiger partial charge in [0.05, 0.1) is 16.1 Å². The highest BCUT2D eigenvalue weighted by molar-refractivity contribution is 7.12. The number of carbonyl (C=O) groups is 2. The Labute approximate surface area is 174 Å². The summed E-state index contributed by atoms with van der Waals surface area (Å²) in [5.74, 6) is -0.358. The van der Waals surface area contributed by atoms with E-state index in [1.807, 2.05) is 35.7 Å². The fraction of sp³-hybridized carbons (Fsp3) is 0.217. The lowest BCUT2D eigenvalue weighted by Gasteiger charge is -2.20. The van der Waals surface area contributed by atoms with Gasteiger partial charge in [-0.2, -0.15) is 0 Å². The highest BCUT2D eigenvalue weighted by Crippen LogP contribution is 2.31. The van der Waals surface area contributed by atoms with Crippen LogP contribution in [0.4, 0.5) is 17.1 Å². The predicted molar refractivity (Wildman–Crippen MR) is 119 cm³/mol. The summed E-state index contributed by atoms with van der Waals surface area (Å²) < 4.78 is 0. The first-order chi connectivity index (χ1) is 14.1. The van der Waals surface area contributed by atoms with Crippen LogP contribution in [0.25, 0.3) is 0 Å². The number of anilines is 3. The van der Waals surface area contributed by atoms with Crippen molar-refractivity contribution in [2.24, 2.45) is 0 Å². The second-order valence-corrected chi connectivity index (χ2v) is 7.93. The third-order valence-electron chi connectivity index (χ3n) is 5.26. The lowest BCUT2D eigenvalue weighted by atomic mass is 10.1. The van der Waals surface area contributed by atoms with Gasteiger partial charge in [0.1, 0.15) is 0 Å². The molecule has 148 valence electrons. The van der Waals surface area contributed by atoms with Crippen LogP contribution in [-0.2, 0) is 6.42 Å². The number of carbonyl (C=O) groups excluding carboxylic acids is 2. The molecule has 0 spiro atoms. The van der Waals surface area contributed by atoms with E-state index in [0.717, 1.165) is 25.2 Å². The van der Waals surface area contributed by atoms with E-state index in [2.05, 4.69) is 23.2 Å². The fourth-order valence-corrected chi connectivity index (χ4v) is 4.38. The van der Waals surface area contributed by atoms with Gasteiger partial charge in [-0.05, 0) is 54.6 Å². The molecule has 0 saturated heterocycles. The van der Waals surface area contributed by atoms with Crippen LogP contribution in [0, 0.1) is 0 Å². The molecule has 0 radical (unpaired) electrons. The molecule has 0 fully saturated rings. The first-order valence-electron chi connectivity index (χ1n) is 9.68. The molecule has 0 atom stereocenters. The summed E-state index contributed by atoms with van der Waals surface area (Å²) in [7, 11) is 1.70. The van der Waals surface area contributed by atoms with Crippen molar-refractivity contribution in [2.75, 3.05) is 35.3 Å². The van der Waals surface area contributed by atoms with E-state index in [4.69, 9.17) is 0 Å². The second-order valence-electron chi connectivity index (χ2n) is 6.99. The summed E-state index contributed by atoms with van der Waals surface area (Å²) in [6, 6.07) is 16.9. The van der Waals surface area contributed by atoms with Crippen molar-refractivity contribution in [3.63, 3.8) is 0 Å². The Hall–Kier alpha value is -3.12. The number of nitrogens with one attached hydrogen (secondary N) is 1. The average Bonchev–Trinajstić information content (AvgIpc) is 3.42. The number of nitrogens with zero attached hydrogens (tertiary/aromatic N) is 2. The SMILES string of the molecule is CCN1CCc2ccc(NC(=O)c3ccccc3N(C)C(=O)c3cccs3)cc21. The summed E-state index contributed by atoms with van der Waals surface area (Å²) in [6.07, 6.45) is 1.04. The van der Waals surface area contributed by atoms with E-state index in [1.54, 1.807) is 25.2 Å². The summed E-state index contributed by atoms with van der Waals surface area (Å²) in [4.78, 5) is 30.3. The molecule has 2 aromatic carbocycles. The highest BCUT2D eigenvalue weighted by Gasteiger charge is 2.22. The summed E-state index contributed by atoms with van der Waals surface area (Å²) in [6.45, 7) is 4.10. The Bertz CT molecular complexity index is 1050. The Kier molecular flexibility index (Phi) is 5.36. The van der Waals surface area contributed by atoms with Crippen molar-refractivity contribution in [3.05, 3.63) is 76.0 Å². The number of hydrogen-bond donors (Lipinski definition) is 1. The number of benzene rings is 2. The van der Waals surface area contributed by atoms with E-state index in [0.29, 0.717) is 16.1 Å². The van der Waals surface area contributed by atoms with Crippen LogP contribution in [0.2, 0.25) is 0 Å². The van der Waals surface area contributed by atoms with Crippen molar-refractivity contribution in [2.45, 2.75) is 13.3 Å². The molecule has 2 amide bonds. The van der Waals surface area contributed by atoms with Crippen LogP contribution in [-0.4, -0.2) is 32.0 Å². The van der Waals surface area contributed by atoms with Crippen LogP contribution < -0.4 is 15.1 Å². The maximum Gasteiger partial charge on any atom is 0.268 e. The van der Waals surface area contributed by atoms with Gasteiger partial charge in [0.2, 0.25) is 0 Å². The van der Waals surface area contributed by atoms with Crippen LogP contribution in [0.3, 0.4) is 0 Å². The van der Waals surface area contributed by atoms with E-state index in [1.165, 1.54) is 27.5 Å². The molecule has 0 unspecified atom stereocenters. The molecule has 0 bridgehead atoms. The smallest absolute Gasteiger partial charge is 0.268 e. The van der Waals surface area contributed by atoms with Crippen LogP contribution in [0.5, 0.6) is 0 Å². The Morgan fingerprint density at radius 1 is 1.14 bits per heavy atom. The van der Waals surface area contributed by atoms with Crippen molar-refractivity contribution in [3.8, 4) is 0 Å². The number of fused-ring (bicyclic) bond motifs is 1. The lowest BCUT2D eigenvalue weighted by molar-refractivity contribution is 0.0996. The van der Waals surface area contributed by atoms with Crippen molar-refractivity contribution >= 4 is 40.2 Å². The molecule has 1 aliphatic heterocycles. The third kappa shape index (κ3) is 3.76. The van der Waals surface area contributed by atoms with Crippen molar-refractivity contribution in [1.29, 1.82) is 0 Å². The van der Waals surface area contributed by atoms with Gasteiger partial charge in [0, 0.05) is 31.5 Å². The molecule has 2 heterocycles. The quantitative estimate of drug-likeness (QED) is 0.672. The van der Waals surface area contributed by atoms with Crippen LogP contribution in [0.1, 0.15) is 32.5 Å². The van der Waals surface area contributed by atoms with E-state index in [-0.39, 0.29) is 11.8 Å². The van der Waals surface area contributed by atoms with Gasteiger partial charge in [-0.15, -0.1) is 11.3 Å². The highest BCUT2D eigenvalue weighted by atomic mass is 32.1. The average molecular weight is 406 g/mol. The zero-order valence-electron chi connectivity index (χ0n) is 16.5. The number of likely N-dealkylation sites (N-methyl/N-ethyl adjacent to an activating group) is 1. The maximum atomic E-state index is 13.0. The first kappa shape index (κ1) is 19.2. The monoisotopic (exact) mass is 405 g/mol. The van der Waals surface area contributed by atoms with Crippen molar-refractivity contribution in [1.82, 2.24) is 0 Å². The molecular weight excluding hydrogens is 382 g/mol. The van der Waals surface area contributed by atoms with Gasteiger partial charge >= 0.3 is 0 Å². The summed E-state index contributed by atoms with van der Waals surface area (Å²) in [5, 5.41) is 4.87. The van der Waals surface area contributed by atoms with Crippen LogP contribution in [0.15, 0.2) is 60.0 Å². The van der Waals surface area contributed by atoms with E-state index in [9.17, 15) is 9.59 Å². The minimum absolute atomic E-state index is 0.128. The molecule has 1 N–H and O–H groups in total. The van der Waals surface area contributed by atoms with Gasteiger partial charge in [-0.3, -0.25) is 9.59 Å². The number of rotatable bonds is 5. The van der Waals surface area contributed by atoms with Crippen molar-refractivity contribution < 1.29 is 9.59 Å². The van der Waals surface area contributed by atoms with E-state index >= 15 is 0 Å². The Balaban J connectivity index is 1.58. The normalized spacial score (nSPS) is 12.6. The van der Waals surface area contributed by atoms with Gasteiger partial charge in [-0.25, -0.2) is 0 Å². The molecular formula is C23H23N3O2S. The standard InChI is InChI=1S/C23H23N3O2S/c1-3-26-13-12-16-10-11-17(15-20(16)26)24-22(27)18-7-4-5-8-19(18)25(2)23(28)21-9-6-14-29-21/h4-11,14-15H,3,12-13H2,1-2H3,(H,24,27). The van der Waals surface area contributed by atoms with Crippen LogP contribution >= 0.6 is 11.3 Å². The maximum absolute atomic E-state index is 13.0. The fourth-order valence-electron chi connectivity index (χ4n) is 3.68. The third-order valence-corrected chi connectivity index (χ3v) is 6.12. The molecule has 3 aromatic rings. The Morgan fingerprint density at radius 2 is 1.97 bits per heavy atom. The molecule has 1 aliphatic rings. The largest absolute Gasteiger partial charge is 0.371 e. The van der Waals surface area contributed by atoms with Gasteiger partial charge in [0.15, 0.2) is 0 Å². The number of hydrogen-bond acceptors (Lipinski definition) is 4. The number of amides is 2. The number of thiophene rings is 1. The Morgan fingerprint density at radius 3 is 2.72 bits per heavy atom. The molecule has 5 nitrogen and oxygen atoms in total. The minimum atomic E-state index is -0.229. The minimum Gasteiger partial charge on any atom is -0.371 e. The topological polar surface area (TPSA) is 52.7 Å². The lowest BCUT2D eigenvalue weighted by Crippen LogP contribution is -2.28. The number of para-hydroxylation sites is 1.